The molecule has 1 amide bonds. The molecule has 2 N–H and O–H groups in total. The third-order valence-corrected chi connectivity index (χ3v) is 6.90. The van der Waals surface area contributed by atoms with Crippen LogP contribution in [0.25, 0.3) is 0 Å². The fourth-order valence-corrected chi connectivity index (χ4v) is 5.71. The molecule has 0 radical (unpaired) electrons. The Hall–Kier alpha value is -2.22. The van der Waals surface area contributed by atoms with Gasteiger partial charge in [-0.15, -0.1) is 11.3 Å². The fourth-order valence-electron chi connectivity index (χ4n) is 4.53. The van der Waals surface area contributed by atoms with Gasteiger partial charge >= 0.3 is 5.97 Å². The molecule has 0 saturated carbocycles. The highest BCUT2D eigenvalue weighted by molar-refractivity contribution is 7.14. The highest BCUT2D eigenvalue weighted by Crippen LogP contribution is 2.49. The fraction of sp³-hybridized carbons (Fsp3) is 0.429. The number of carbonyl (C=O) groups excluding carboxylic acids is 2. The van der Waals surface area contributed by atoms with Crippen LogP contribution in [-0.4, -0.2) is 50.2 Å². The van der Waals surface area contributed by atoms with E-state index in [1.807, 2.05) is 30.3 Å². The third kappa shape index (κ3) is 3.45. The summed E-state index contributed by atoms with van der Waals surface area (Å²) in [6.07, 6.45) is 1.29. The molecule has 3 heterocycles. The van der Waals surface area contributed by atoms with Crippen LogP contribution in [0, 0.1) is 0 Å². The molecule has 2 aromatic rings. The highest BCUT2D eigenvalue weighted by Gasteiger charge is 2.48. The number of benzene rings is 1. The number of piperidine rings is 1. The van der Waals surface area contributed by atoms with Gasteiger partial charge in [0.15, 0.2) is 0 Å². The molecule has 4 rings (SSSR count). The molecular weight excluding hydrogens is 374 g/mol. The summed E-state index contributed by atoms with van der Waals surface area (Å²) in [7, 11) is 1.40. The van der Waals surface area contributed by atoms with Crippen LogP contribution in [0.3, 0.4) is 0 Å². The molecule has 1 aromatic heterocycles. The van der Waals surface area contributed by atoms with Crippen molar-refractivity contribution in [3.63, 3.8) is 0 Å². The Morgan fingerprint density at radius 3 is 2.71 bits per heavy atom. The van der Waals surface area contributed by atoms with Gasteiger partial charge in [0.05, 0.1) is 13.2 Å². The van der Waals surface area contributed by atoms with Gasteiger partial charge in [0.2, 0.25) is 5.91 Å². The molecule has 2 atom stereocenters. The van der Waals surface area contributed by atoms with Crippen molar-refractivity contribution in [2.75, 3.05) is 33.4 Å². The molecule has 2 fully saturated rings. The second kappa shape index (κ2) is 8.03. The lowest BCUT2D eigenvalue weighted by atomic mass is 9.66. The van der Waals surface area contributed by atoms with E-state index in [4.69, 9.17) is 4.74 Å². The number of esters is 1. The quantitative estimate of drug-likeness (QED) is 0.755. The van der Waals surface area contributed by atoms with Crippen molar-refractivity contribution in [3.05, 3.63) is 57.8 Å². The van der Waals surface area contributed by atoms with Gasteiger partial charge < -0.3 is 15.4 Å². The summed E-state index contributed by atoms with van der Waals surface area (Å²) in [4.78, 5) is 28.7. The van der Waals surface area contributed by atoms with Gasteiger partial charge in [-0.05, 0) is 24.1 Å². The van der Waals surface area contributed by atoms with E-state index in [9.17, 15) is 9.59 Å². The lowest BCUT2D eigenvalue weighted by Crippen LogP contribution is -2.51. The first-order valence-corrected chi connectivity index (χ1v) is 10.4. The van der Waals surface area contributed by atoms with Crippen LogP contribution in [0.4, 0.5) is 0 Å². The molecule has 6 nitrogen and oxygen atoms in total. The Labute approximate surface area is 168 Å². The number of nitrogens with one attached hydrogen (secondary N) is 2. The monoisotopic (exact) mass is 399 g/mol. The van der Waals surface area contributed by atoms with Gasteiger partial charge in [0.1, 0.15) is 4.88 Å². The van der Waals surface area contributed by atoms with E-state index in [-0.39, 0.29) is 23.3 Å². The van der Waals surface area contributed by atoms with E-state index in [1.165, 1.54) is 24.0 Å². The Bertz CT molecular complexity index is 848. The van der Waals surface area contributed by atoms with Crippen molar-refractivity contribution in [2.45, 2.75) is 24.3 Å². The van der Waals surface area contributed by atoms with E-state index < -0.39 is 0 Å². The molecule has 0 aliphatic carbocycles. The molecule has 0 bridgehead atoms. The number of hydrogen-bond acceptors (Lipinski definition) is 6. The number of carbonyl (C=O) groups is 2. The van der Waals surface area contributed by atoms with Crippen molar-refractivity contribution in [1.29, 1.82) is 0 Å². The molecule has 7 heteroatoms. The predicted octanol–water partition coefficient (Wildman–Crippen LogP) is 2.29. The summed E-state index contributed by atoms with van der Waals surface area (Å²) in [5.41, 5.74) is 0.836. The molecule has 2 aliphatic heterocycles. The van der Waals surface area contributed by atoms with E-state index in [2.05, 4.69) is 27.7 Å². The van der Waals surface area contributed by atoms with Crippen LogP contribution in [0.2, 0.25) is 0 Å². The number of ether oxygens (including phenoxy) is 1. The number of thiophene rings is 1. The van der Waals surface area contributed by atoms with Crippen molar-refractivity contribution in [1.82, 2.24) is 15.5 Å². The maximum absolute atomic E-state index is 12.5. The molecule has 0 spiro atoms. The zero-order valence-corrected chi connectivity index (χ0v) is 16.8. The minimum atomic E-state index is -0.339. The SMILES string of the molecule is COC(=O)c1ccc(C(N2CCNC2)C2(c3ccccc3)CCNC(=O)C2)s1. The van der Waals surface area contributed by atoms with Crippen molar-refractivity contribution in [2.24, 2.45) is 0 Å². The second-order valence-electron chi connectivity index (χ2n) is 7.37. The van der Waals surface area contributed by atoms with E-state index in [1.54, 1.807) is 0 Å². The first kappa shape index (κ1) is 19.1. The maximum atomic E-state index is 12.5. The first-order chi connectivity index (χ1) is 13.6. The minimum Gasteiger partial charge on any atom is -0.465 e. The summed E-state index contributed by atoms with van der Waals surface area (Å²) < 4.78 is 4.91. The number of rotatable bonds is 5. The van der Waals surface area contributed by atoms with Crippen LogP contribution in [-0.2, 0) is 14.9 Å². The maximum Gasteiger partial charge on any atom is 0.348 e. The topological polar surface area (TPSA) is 70.7 Å². The summed E-state index contributed by atoms with van der Waals surface area (Å²) in [6.45, 7) is 3.25. The number of nitrogens with zero attached hydrogens (tertiary/aromatic N) is 1. The standard InChI is InChI=1S/C21H25N3O3S/c1-27-20(26)17-8-7-16(28-17)19(24-12-11-22-14-24)21(9-10-23-18(25)13-21)15-5-3-2-4-6-15/h2-8,19,22H,9-14H2,1H3,(H,23,25). The summed E-state index contributed by atoms with van der Waals surface area (Å²) >= 11 is 1.47. The Kier molecular flexibility index (Phi) is 5.48. The lowest BCUT2D eigenvalue weighted by molar-refractivity contribution is -0.125. The molecule has 148 valence electrons. The zero-order valence-electron chi connectivity index (χ0n) is 15.9. The number of amides is 1. The van der Waals surface area contributed by atoms with Crippen LogP contribution in [0.15, 0.2) is 42.5 Å². The Morgan fingerprint density at radius 1 is 1.21 bits per heavy atom. The average molecular weight is 400 g/mol. The van der Waals surface area contributed by atoms with Gasteiger partial charge in [-0.3, -0.25) is 9.69 Å². The number of methoxy groups -OCH3 is 1. The lowest BCUT2D eigenvalue weighted by Gasteiger charge is -2.47. The molecule has 2 unspecified atom stereocenters. The van der Waals surface area contributed by atoms with Crippen LogP contribution < -0.4 is 10.6 Å². The van der Waals surface area contributed by atoms with Gasteiger partial charge in [-0.25, -0.2) is 4.79 Å². The third-order valence-electron chi connectivity index (χ3n) is 5.78. The van der Waals surface area contributed by atoms with E-state index in [0.29, 0.717) is 17.8 Å². The van der Waals surface area contributed by atoms with Crippen molar-refractivity contribution >= 4 is 23.2 Å². The van der Waals surface area contributed by atoms with Crippen LogP contribution in [0.5, 0.6) is 0 Å². The molecule has 1 aromatic carbocycles. The average Bonchev–Trinajstić information content (AvgIpc) is 3.41. The summed E-state index contributed by atoms with van der Waals surface area (Å²) in [6, 6.07) is 14.2. The van der Waals surface area contributed by atoms with Crippen LogP contribution in [0.1, 0.15) is 39.0 Å². The molecule has 2 saturated heterocycles. The summed E-state index contributed by atoms with van der Waals surface area (Å²) in [5, 5.41) is 6.41. The van der Waals surface area contributed by atoms with Gasteiger partial charge in [-0.2, -0.15) is 0 Å². The predicted molar refractivity (Wildman–Crippen MR) is 108 cm³/mol. The largest absolute Gasteiger partial charge is 0.465 e. The number of hydrogen-bond donors (Lipinski definition) is 2. The highest BCUT2D eigenvalue weighted by atomic mass is 32.1. The van der Waals surface area contributed by atoms with E-state index in [0.717, 1.165) is 31.1 Å². The van der Waals surface area contributed by atoms with Crippen molar-refractivity contribution < 1.29 is 14.3 Å². The van der Waals surface area contributed by atoms with E-state index >= 15 is 0 Å². The molecular formula is C21H25N3O3S. The van der Waals surface area contributed by atoms with Crippen molar-refractivity contribution in [3.8, 4) is 0 Å². The summed E-state index contributed by atoms with van der Waals surface area (Å²) in [5.74, 6) is -0.235. The minimum absolute atomic E-state index is 0.0133. The molecule has 2 aliphatic rings. The zero-order chi connectivity index (χ0) is 19.6. The Balaban J connectivity index is 1.83. The van der Waals surface area contributed by atoms with Gasteiger partial charge in [0, 0.05) is 43.0 Å². The Morgan fingerprint density at radius 2 is 2.04 bits per heavy atom. The normalized spacial score (nSPS) is 24.0. The van der Waals surface area contributed by atoms with Gasteiger partial charge in [0.25, 0.3) is 0 Å². The van der Waals surface area contributed by atoms with Gasteiger partial charge in [-0.1, -0.05) is 30.3 Å². The molecule has 28 heavy (non-hydrogen) atoms. The first-order valence-electron chi connectivity index (χ1n) is 9.59. The van der Waals surface area contributed by atoms with Crippen LogP contribution >= 0.6 is 11.3 Å². The second-order valence-corrected chi connectivity index (χ2v) is 8.48. The smallest absolute Gasteiger partial charge is 0.348 e.